The Labute approximate surface area is 224 Å². The van der Waals surface area contributed by atoms with Crippen molar-refractivity contribution in [2.45, 2.75) is 27.7 Å². The fourth-order valence-electron chi connectivity index (χ4n) is 3.62. The van der Waals surface area contributed by atoms with E-state index in [1.165, 1.54) is 29.5 Å². The molecule has 194 valence electrons. The molecule has 0 unspecified atom stereocenters. The first kappa shape index (κ1) is 27.8. The number of anilines is 2. The lowest BCUT2D eigenvalue weighted by molar-refractivity contribution is 0.0512. The molecule has 0 aliphatic carbocycles. The van der Waals surface area contributed by atoms with E-state index in [1.807, 2.05) is 37.3 Å². The lowest BCUT2D eigenvalue weighted by Gasteiger charge is -2.15. The third-order valence-corrected chi connectivity index (χ3v) is 6.35. The number of hydrogen-bond acceptors (Lipinski definition) is 8. The number of nitrogens with one attached hydrogen (secondary N) is 2. The molecule has 37 heavy (non-hydrogen) atoms. The summed E-state index contributed by atoms with van der Waals surface area (Å²) in [4.78, 5) is 38.7. The van der Waals surface area contributed by atoms with Gasteiger partial charge in [-0.3, -0.25) is 0 Å². The highest BCUT2D eigenvalue weighted by Crippen LogP contribution is 2.40. The van der Waals surface area contributed by atoms with Crippen molar-refractivity contribution in [2.75, 3.05) is 30.5 Å². The molecule has 0 aliphatic heterocycles. The minimum absolute atomic E-state index is 0.109. The summed E-state index contributed by atoms with van der Waals surface area (Å²) < 4.78 is 15.6. The van der Waals surface area contributed by atoms with Crippen molar-refractivity contribution in [2.24, 2.45) is 0 Å². The third-order valence-electron chi connectivity index (χ3n) is 5.13. The molecule has 0 saturated carbocycles. The Bertz CT molecular complexity index is 1300. The van der Waals surface area contributed by atoms with E-state index in [4.69, 9.17) is 26.4 Å². The molecule has 0 bridgehead atoms. The molecule has 0 aliphatic rings. The predicted octanol–water partition coefficient (Wildman–Crippen LogP) is 6.06. The van der Waals surface area contributed by atoms with Gasteiger partial charge in [-0.25, -0.2) is 14.4 Å². The average molecular weight is 541 g/mol. The number of thiophene rings is 1. The number of thiocarbonyl (C=S) groups is 1. The monoisotopic (exact) mass is 540 g/mol. The molecule has 3 rings (SSSR count). The van der Waals surface area contributed by atoms with Crippen LogP contribution in [0.1, 0.15) is 56.7 Å². The Morgan fingerprint density at radius 3 is 2.11 bits per heavy atom. The van der Waals surface area contributed by atoms with Gasteiger partial charge in [0.05, 0.1) is 36.6 Å². The third kappa shape index (κ3) is 6.72. The smallest absolute Gasteiger partial charge is 0.341 e. The van der Waals surface area contributed by atoms with Gasteiger partial charge in [0.15, 0.2) is 5.11 Å². The summed E-state index contributed by atoms with van der Waals surface area (Å²) in [5.74, 6) is -1.59. The van der Waals surface area contributed by atoms with Crippen molar-refractivity contribution in [3.8, 4) is 11.1 Å². The second kappa shape index (κ2) is 13.0. The lowest BCUT2D eigenvalue weighted by atomic mass is 10.0. The van der Waals surface area contributed by atoms with Gasteiger partial charge in [0.25, 0.3) is 0 Å². The molecule has 0 amide bonds. The molecule has 2 aromatic carbocycles. The second-order valence-electron chi connectivity index (χ2n) is 7.60. The Morgan fingerprint density at radius 1 is 0.838 bits per heavy atom. The Morgan fingerprint density at radius 2 is 1.46 bits per heavy atom. The molecule has 0 saturated heterocycles. The van der Waals surface area contributed by atoms with E-state index in [1.54, 1.807) is 20.8 Å². The van der Waals surface area contributed by atoms with Gasteiger partial charge in [-0.2, -0.15) is 0 Å². The predicted molar refractivity (Wildman–Crippen MR) is 149 cm³/mol. The zero-order valence-corrected chi connectivity index (χ0v) is 22.6. The van der Waals surface area contributed by atoms with Gasteiger partial charge >= 0.3 is 17.9 Å². The summed E-state index contributed by atoms with van der Waals surface area (Å²) in [5, 5.41) is 6.64. The summed E-state index contributed by atoms with van der Waals surface area (Å²) in [6, 6.07) is 14.0. The van der Waals surface area contributed by atoms with Crippen LogP contribution in [0.4, 0.5) is 10.7 Å². The number of carbonyl (C=O) groups is 3. The standard InChI is InChI=1S/C27H28N2O6S2/c1-5-33-24(30)18-13-14-19(25(31)34-6-2)20(15-18)28-27(36)29-23-22(26(32)35-7-3)21(16(4)37-23)17-11-9-8-10-12-17/h8-15H,5-7H2,1-4H3,(H2,28,29,36). The number of rotatable bonds is 9. The molecule has 3 aromatic rings. The molecular formula is C27H28N2O6S2. The molecule has 0 atom stereocenters. The zero-order valence-electron chi connectivity index (χ0n) is 21.0. The van der Waals surface area contributed by atoms with E-state index in [9.17, 15) is 14.4 Å². The maximum absolute atomic E-state index is 13.0. The Balaban J connectivity index is 1.97. The zero-order chi connectivity index (χ0) is 26.9. The fourth-order valence-corrected chi connectivity index (χ4v) is 4.96. The fraction of sp³-hybridized carbons (Fsp3) is 0.259. The van der Waals surface area contributed by atoms with E-state index in [-0.39, 0.29) is 41.7 Å². The molecule has 0 spiro atoms. The summed E-state index contributed by atoms with van der Waals surface area (Å²) >= 11 is 6.89. The highest BCUT2D eigenvalue weighted by molar-refractivity contribution is 7.80. The highest BCUT2D eigenvalue weighted by Gasteiger charge is 2.25. The van der Waals surface area contributed by atoms with Crippen molar-refractivity contribution in [1.29, 1.82) is 0 Å². The second-order valence-corrected chi connectivity index (χ2v) is 9.24. The number of hydrogen-bond donors (Lipinski definition) is 2. The van der Waals surface area contributed by atoms with Gasteiger partial charge in [-0.05, 0) is 63.7 Å². The van der Waals surface area contributed by atoms with Crippen LogP contribution in [0.25, 0.3) is 11.1 Å². The van der Waals surface area contributed by atoms with Crippen LogP contribution >= 0.6 is 23.6 Å². The van der Waals surface area contributed by atoms with Gasteiger partial charge in [0.1, 0.15) is 10.6 Å². The van der Waals surface area contributed by atoms with Crippen LogP contribution in [-0.4, -0.2) is 42.8 Å². The minimum Gasteiger partial charge on any atom is -0.462 e. The summed E-state index contributed by atoms with van der Waals surface area (Å²) in [6.45, 7) is 7.67. The SMILES string of the molecule is CCOC(=O)c1ccc(C(=O)OCC)c(NC(=S)Nc2sc(C)c(-c3ccccc3)c2C(=O)OCC)c1. The first-order valence-electron chi connectivity index (χ1n) is 11.7. The van der Waals surface area contributed by atoms with Crippen molar-refractivity contribution < 1.29 is 28.6 Å². The molecule has 1 heterocycles. The van der Waals surface area contributed by atoms with Crippen LogP contribution in [0, 0.1) is 6.92 Å². The highest BCUT2D eigenvalue weighted by atomic mass is 32.1. The van der Waals surface area contributed by atoms with Crippen LogP contribution in [0.5, 0.6) is 0 Å². The molecule has 0 fully saturated rings. The number of esters is 3. The summed E-state index contributed by atoms with van der Waals surface area (Å²) in [6.07, 6.45) is 0. The Kier molecular flexibility index (Phi) is 9.76. The minimum atomic E-state index is -0.575. The number of carbonyl (C=O) groups excluding carboxylic acids is 3. The Hall–Kier alpha value is -3.76. The molecule has 2 N–H and O–H groups in total. The van der Waals surface area contributed by atoms with Gasteiger partial charge in [-0.1, -0.05) is 30.3 Å². The van der Waals surface area contributed by atoms with E-state index in [0.29, 0.717) is 10.6 Å². The van der Waals surface area contributed by atoms with Crippen LogP contribution in [0.2, 0.25) is 0 Å². The molecule has 10 heteroatoms. The van der Waals surface area contributed by atoms with E-state index < -0.39 is 17.9 Å². The normalized spacial score (nSPS) is 10.4. The van der Waals surface area contributed by atoms with Gasteiger partial charge < -0.3 is 24.8 Å². The van der Waals surface area contributed by atoms with Gasteiger partial charge in [-0.15, -0.1) is 11.3 Å². The van der Waals surface area contributed by atoms with Crippen LogP contribution in [0.3, 0.4) is 0 Å². The first-order chi connectivity index (χ1) is 17.8. The van der Waals surface area contributed by atoms with Crippen molar-refractivity contribution in [1.82, 2.24) is 0 Å². The van der Waals surface area contributed by atoms with Crippen LogP contribution < -0.4 is 10.6 Å². The lowest BCUT2D eigenvalue weighted by Crippen LogP contribution is -2.22. The van der Waals surface area contributed by atoms with E-state index >= 15 is 0 Å². The largest absolute Gasteiger partial charge is 0.462 e. The summed E-state index contributed by atoms with van der Waals surface area (Å²) in [7, 11) is 0. The van der Waals surface area contributed by atoms with Crippen LogP contribution in [0.15, 0.2) is 48.5 Å². The van der Waals surface area contributed by atoms with Gasteiger partial charge in [0, 0.05) is 10.4 Å². The maximum atomic E-state index is 13.0. The molecule has 0 radical (unpaired) electrons. The molecular weight excluding hydrogens is 512 g/mol. The first-order valence-corrected chi connectivity index (χ1v) is 12.9. The van der Waals surface area contributed by atoms with E-state index in [0.717, 1.165) is 16.0 Å². The average Bonchev–Trinajstić information content (AvgIpc) is 3.20. The number of benzene rings is 2. The van der Waals surface area contributed by atoms with E-state index in [2.05, 4.69) is 10.6 Å². The number of ether oxygens (including phenoxy) is 3. The molecule has 1 aromatic heterocycles. The summed E-state index contributed by atoms with van der Waals surface area (Å²) in [5.41, 5.74) is 2.69. The van der Waals surface area contributed by atoms with Gasteiger partial charge in [0.2, 0.25) is 0 Å². The van der Waals surface area contributed by atoms with Crippen molar-refractivity contribution in [3.05, 3.63) is 70.1 Å². The maximum Gasteiger partial charge on any atom is 0.341 e. The van der Waals surface area contributed by atoms with Crippen LogP contribution in [-0.2, 0) is 14.2 Å². The topological polar surface area (TPSA) is 103 Å². The quantitative estimate of drug-likeness (QED) is 0.190. The molecule has 8 nitrogen and oxygen atoms in total. The van der Waals surface area contributed by atoms with Crippen molar-refractivity contribution >= 4 is 57.3 Å². The number of aryl methyl sites for hydroxylation is 1. The van der Waals surface area contributed by atoms with Crippen molar-refractivity contribution in [3.63, 3.8) is 0 Å².